The molecule has 2 heteroatoms. The molecule has 2 aromatic carbocycles. The molecule has 1 nitrogen and oxygen atoms in total. The minimum Gasteiger partial charge on any atom is -0.497 e. The van der Waals surface area contributed by atoms with Crippen molar-refractivity contribution in [2.75, 3.05) is 7.11 Å². The Morgan fingerprint density at radius 3 is 1.67 bits per heavy atom. The fraction of sp³-hybridized carbons (Fsp3) is 0.0526. The van der Waals surface area contributed by atoms with Gasteiger partial charge in [-0.05, 0) is 72.2 Å². The summed E-state index contributed by atoms with van der Waals surface area (Å²) < 4.78 is 17.7. The molecule has 0 heterocycles. The van der Waals surface area contributed by atoms with Crippen LogP contribution in [-0.4, -0.2) is 7.11 Å². The predicted octanol–water partition coefficient (Wildman–Crippen LogP) is 3.24. The molecule has 0 bridgehead atoms. The van der Waals surface area contributed by atoms with E-state index >= 15 is 0 Å². The highest BCUT2D eigenvalue weighted by Crippen LogP contribution is 2.09. The summed E-state index contributed by atoms with van der Waals surface area (Å²) >= 11 is 0. The molecule has 2 aromatic rings. The van der Waals surface area contributed by atoms with Crippen LogP contribution in [0, 0.1) is 41.3 Å². The summed E-state index contributed by atoms with van der Waals surface area (Å²) in [5.74, 6) is 16.9. The van der Waals surface area contributed by atoms with Gasteiger partial charge in [0.25, 0.3) is 0 Å². The minimum atomic E-state index is -0.281. The first-order valence-electron chi connectivity index (χ1n) is 6.19. The maximum absolute atomic E-state index is 12.7. The number of rotatable bonds is 1. The van der Waals surface area contributed by atoms with Crippen LogP contribution in [0.15, 0.2) is 48.5 Å². The summed E-state index contributed by atoms with van der Waals surface area (Å²) in [4.78, 5) is 0. The largest absolute Gasteiger partial charge is 0.497 e. The smallest absolute Gasteiger partial charge is 0.123 e. The van der Waals surface area contributed by atoms with Crippen molar-refractivity contribution in [2.24, 2.45) is 0 Å². The highest BCUT2D eigenvalue weighted by molar-refractivity contribution is 5.46. The highest BCUT2D eigenvalue weighted by Gasteiger charge is 1.89. The number of benzene rings is 2. The maximum Gasteiger partial charge on any atom is 0.123 e. The van der Waals surface area contributed by atoms with E-state index in [1.165, 1.54) is 12.1 Å². The summed E-state index contributed by atoms with van der Waals surface area (Å²) in [6.07, 6.45) is 0. The maximum atomic E-state index is 12.7. The van der Waals surface area contributed by atoms with Gasteiger partial charge in [0.15, 0.2) is 0 Å². The van der Waals surface area contributed by atoms with Gasteiger partial charge >= 0.3 is 0 Å². The van der Waals surface area contributed by atoms with Crippen molar-refractivity contribution in [1.29, 1.82) is 0 Å². The first-order chi connectivity index (χ1) is 10.3. The summed E-state index contributed by atoms with van der Waals surface area (Å²) in [6, 6.07) is 13.3. The fourth-order valence-electron chi connectivity index (χ4n) is 1.48. The predicted molar refractivity (Wildman–Crippen MR) is 80.9 cm³/mol. The zero-order valence-electron chi connectivity index (χ0n) is 11.4. The van der Waals surface area contributed by atoms with Crippen LogP contribution in [0.4, 0.5) is 4.39 Å². The number of ether oxygens (including phenoxy) is 1. The second kappa shape index (κ2) is 7.44. The van der Waals surface area contributed by atoms with Gasteiger partial charge < -0.3 is 4.74 Å². The van der Waals surface area contributed by atoms with E-state index in [1.807, 2.05) is 24.3 Å². The number of halogens is 1. The Balaban J connectivity index is 1.98. The van der Waals surface area contributed by atoms with E-state index in [0.29, 0.717) is 5.56 Å². The van der Waals surface area contributed by atoms with Crippen LogP contribution in [0.25, 0.3) is 0 Å². The van der Waals surface area contributed by atoms with Gasteiger partial charge in [-0.15, -0.1) is 0 Å². The van der Waals surface area contributed by atoms with E-state index in [4.69, 9.17) is 4.74 Å². The average Bonchev–Trinajstić information content (AvgIpc) is 2.53. The summed E-state index contributed by atoms with van der Waals surface area (Å²) in [7, 11) is 1.62. The molecular formula is C19H11FO. The van der Waals surface area contributed by atoms with Gasteiger partial charge in [0.1, 0.15) is 11.6 Å². The van der Waals surface area contributed by atoms with E-state index < -0.39 is 0 Å². The van der Waals surface area contributed by atoms with E-state index in [2.05, 4.69) is 35.5 Å². The van der Waals surface area contributed by atoms with E-state index in [1.54, 1.807) is 19.2 Å². The van der Waals surface area contributed by atoms with Crippen molar-refractivity contribution in [3.05, 3.63) is 65.5 Å². The van der Waals surface area contributed by atoms with Gasteiger partial charge in [-0.2, -0.15) is 0 Å². The molecule has 0 spiro atoms. The second-order valence-electron chi connectivity index (χ2n) is 3.99. The van der Waals surface area contributed by atoms with Gasteiger partial charge in [-0.3, -0.25) is 0 Å². The molecule has 0 aliphatic rings. The molecule has 0 atom stereocenters. The van der Waals surface area contributed by atoms with Crippen LogP contribution in [0.5, 0.6) is 5.75 Å². The summed E-state index contributed by atoms with van der Waals surface area (Å²) in [5, 5.41) is 0. The Morgan fingerprint density at radius 1 is 0.714 bits per heavy atom. The summed E-state index contributed by atoms with van der Waals surface area (Å²) in [6.45, 7) is 0. The lowest BCUT2D eigenvalue weighted by Crippen LogP contribution is -1.81. The van der Waals surface area contributed by atoms with Crippen LogP contribution < -0.4 is 4.74 Å². The van der Waals surface area contributed by atoms with Gasteiger partial charge in [0.05, 0.1) is 7.11 Å². The van der Waals surface area contributed by atoms with Crippen molar-refractivity contribution in [3.8, 4) is 41.3 Å². The molecule has 2 rings (SSSR count). The van der Waals surface area contributed by atoms with E-state index in [9.17, 15) is 4.39 Å². The molecule has 0 saturated heterocycles. The van der Waals surface area contributed by atoms with Crippen LogP contribution in [-0.2, 0) is 0 Å². The Kier molecular flexibility index (Phi) is 5.05. The van der Waals surface area contributed by atoms with Gasteiger partial charge in [-0.1, -0.05) is 11.8 Å². The van der Waals surface area contributed by atoms with Crippen molar-refractivity contribution < 1.29 is 9.13 Å². The molecule has 0 unspecified atom stereocenters. The lowest BCUT2D eigenvalue weighted by Gasteiger charge is -1.96. The molecule has 0 saturated carbocycles. The normalized spacial score (nSPS) is 8.29. The molecule has 0 amide bonds. The highest BCUT2D eigenvalue weighted by atomic mass is 19.1. The van der Waals surface area contributed by atoms with Crippen LogP contribution >= 0.6 is 0 Å². The van der Waals surface area contributed by atoms with E-state index in [0.717, 1.165) is 11.3 Å². The third kappa shape index (κ3) is 4.79. The van der Waals surface area contributed by atoms with Gasteiger partial charge in [0, 0.05) is 11.1 Å². The molecule has 0 N–H and O–H groups in total. The Morgan fingerprint density at radius 2 is 1.19 bits per heavy atom. The van der Waals surface area contributed by atoms with Crippen LogP contribution in [0.3, 0.4) is 0 Å². The number of hydrogen-bond donors (Lipinski definition) is 0. The zero-order valence-corrected chi connectivity index (χ0v) is 11.4. The quantitative estimate of drug-likeness (QED) is 0.725. The van der Waals surface area contributed by atoms with Gasteiger partial charge in [0.2, 0.25) is 0 Å². The van der Waals surface area contributed by atoms with Crippen LogP contribution in [0.2, 0.25) is 0 Å². The lowest BCUT2D eigenvalue weighted by molar-refractivity contribution is 0.415. The second-order valence-corrected chi connectivity index (χ2v) is 3.99. The Labute approximate surface area is 123 Å². The van der Waals surface area contributed by atoms with Crippen molar-refractivity contribution in [2.45, 2.75) is 0 Å². The lowest BCUT2D eigenvalue weighted by atomic mass is 10.2. The molecule has 0 fully saturated rings. The number of hydrogen-bond acceptors (Lipinski definition) is 1. The van der Waals surface area contributed by atoms with Crippen molar-refractivity contribution >= 4 is 0 Å². The van der Waals surface area contributed by atoms with Crippen LogP contribution in [0.1, 0.15) is 11.1 Å². The van der Waals surface area contributed by atoms with Crippen molar-refractivity contribution in [3.63, 3.8) is 0 Å². The fourth-order valence-corrected chi connectivity index (χ4v) is 1.48. The zero-order chi connectivity index (χ0) is 14.9. The average molecular weight is 274 g/mol. The Bertz CT molecular complexity index is 783. The minimum absolute atomic E-state index is 0.281. The topological polar surface area (TPSA) is 9.23 Å². The molecule has 21 heavy (non-hydrogen) atoms. The Hall–Kier alpha value is -3.15. The molecule has 0 aromatic heterocycles. The summed E-state index contributed by atoms with van der Waals surface area (Å²) in [5.41, 5.74) is 1.57. The molecule has 0 aliphatic heterocycles. The molecule has 0 aliphatic carbocycles. The van der Waals surface area contributed by atoms with Crippen molar-refractivity contribution in [1.82, 2.24) is 0 Å². The first kappa shape index (κ1) is 14.3. The van der Waals surface area contributed by atoms with Gasteiger partial charge in [-0.25, -0.2) is 4.39 Å². The van der Waals surface area contributed by atoms with E-state index in [-0.39, 0.29) is 5.82 Å². The SMILES string of the molecule is COc1ccc(C#CC#CC#Cc2ccc(F)cc2)cc1. The standard InChI is InChI=1S/C19H11FO/c1-21-19-14-10-17(11-15-19)7-5-3-2-4-6-16-8-12-18(20)13-9-16/h8-15H,1H3. The third-order valence-electron chi connectivity index (χ3n) is 2.54. The third-order valence-corrected chi connectivity index (χ3v) is 2.54. The number of methoxy groups -OCH3 is 1. The monoisotopic (exact) mass is 274 g/mol. The first-order valence-corrected chi connectivity index (χ1v) is 6.19. The molecular weight excluding hydrogens is 263 g/mol. The molecule has 0 radical (unpaired) electrons. The molecule has 100 valence electrons.